The molecule has 0 saturated heterocycles. The second-order valence-electron chi connectivity index (χ2n) is 4.65. The molecule has 2 aromatic heterocycles. The standard InChI is InChI=1S/C13H17N3O3S/c1-9-6-14-11(20-9)7-15-12(17)16-8-13(2,18)10-4-3-5-19-10/h3-6,18H,7-8H2,1-2H3,(H2,15,16,17). The Morgan fingerprint density at radius 3 is 2.95 bits per heavy atom. The van der Waals surface area contributed by atoms with Gasteiger partial charge in [-0.2, -0.15) is 0 Å². The molecule has 20 heavy (non-hydrogen) atoms. The summed E-state index contributed by atoms with van der Waals surface area (Å²) in [5, 5.41) is 16.3. The number of nitrogens with one attached hydrogen (secondary N) is 2. The van der Waals surface area contributed by atoms with Gasteiger partial charge >= 0.3 is 6.03 Å². The number of rotatable bonds is 5. The lowest BCUT2D eigenvalue weighted by Gasteiger charge is -2.21. The Morgan fingerprint density at radius 1 is 1.55 bits per heavy atom. The average Bonchev–Trinajstić information content (AvgIpc) is 3.05. The third-order valence-electron chi connectivity index (χ3n) is 2.71. The Balaban J connectivity index is 1.77. The highest BCUT2D eigenvalue weighted by Gasteiger charge is 2.26. The van der Waals surface area contributed by atoms with Crippen molar-refractivity contribution in [3.63, 3.8) is 0 Å². The molecule has 2 amide bonds. The van der Waals surface area contributed by atoms with Crippen molar-refractivity contribution < 1.29 is 14.3 Å². The van der Waals surface area contributed by atoms with E-state index in [9.17, 15) is 9.90 Å². The van der Waals surface area contributed by atoms with Gasteiger partial charge in [-0.25, -0.2) is 9.78 Å². The molecule has 2 rings (SSSR count). The number of hydrogen-bond donors (Lipinski definition) is 3. The first-order valence-electron chi connectivity index (χ1n) is 6.17. The Kier molecular flexibility index (Phi) is 4.41. The van der Waals surface area contributed by atoms with E-state index in [1.165, 1.54) is 17.6 Å². The van der Waals surface area contributed by atoms with Gasteiger partial charge in [0.15, 0.2) is 0 Å². The van der Waals surface area contributed by atoms with E-state index in [0.29, 0.717) is 12.3 Å². The van der Waals surface area contributed by atoms with Gasteiger partial charge in [0.1, 0.15) is 16.4 Å². The van der Waals surface area contributed by atoms with E-state index in [2.05, 4.69) is 15.6 Å². The van der Waals surface area contributed by atoms with E-state index >= 15 is 0 Å². The van der Waals surface area contributed by atoms with Crippen LogP contribution in [0.2, 0.25) is 0 Å². The quantitative estimate of drug-likeness (QED) is 0.784. The summed E-state index contributed by atoms with van der Waals surface area (Å²) in [7, 11) is 0. The molecular weight excluding hydrogens is 278 g/mol. The number of nitrogens with zero attached hydrogens (tertiary/aromatic N) is 1. The van der Waals surface area contributed by atoms with Crippen LogP contribution in [0.4, 0.5) is 4.79 Å². The van der Waals surface area contributed by atoms with Crippen molar-refractivity contribution in [2.45, 2.75) is 26.0 Å². The highest BCUT2D eigenvalue weighted by atomic mass is 32.1. The van der Waals surface area contributed by atoms with E-state index < -0.39 is 5.60 Å². The fourth-order valence-corrected chi connectivity index (χ4v) is 2.35. The topological polar surface area (TPSA) is 87.4 Å². The molecule has 0 spiro atoms. The molecule has 2 aromatic rings. The number of aliphatic hydroxyl groups is 1. The van der Waals surface area contributed by atoms with Gasteiger partial charge in [0.25, 0.3) is 0 Å². The number of urea groups is 1. The van der Waals surface area contributed by atoms with Crippen molar-refractivity contribution in [1.82, 2.24) is 15.6 Å². The zero-order chi connectivity index (χ0) is 14.6. The molecule has 108 valence electrons. The van der Waals surface area contributed by atoms with Gasteiger partial charge < -0.3 is 20.2 Å². The molecule has 2 heterocycles. The molecule has 1 atom stereocenters. The number of hydrogen-bond acceptors (Lipinski definition) is 5. The molecule has 0 aliphatic heterocycles. The summed E-state index contributed by atoms with van der Waals surface area (Å²) in [6, 6.07) is 3.00. The van der Waals surface area contributed by atoms with Crippen LogP contribution in [-0.2, 0) is 12.1 Å². The molecule has 1 unspecified atom stereocenters. The molecule has 0 bridgehead atoms. The van der Waals surface area contributed by atoms with E-state index in [4.69, 9.17) is 4.42 Å². The molecular formula is C13H17N3O3S. The number of amides is 2. The normalized spacial score (nSPS) is 13.8. The van der Waals surface area contributed by atoms with Crippen molar-refractivity contribution in [3.05, 3.63) is 40.2 Å². The first kappa shape index (κ1) is 14.5. The Hall–Kier alpha value is -1.86. The maximum Gasteiger partial charge on any atom is 0.315 e. The minimum atomic E-state index is -1.24. The molecule has 7 heteroatoms. The molecule has 0 aliphatic carbocycles. The third-order valence-corrected chi connectivity index (χ3v) is 3.63. The fourth-order valence-electron chi connectivity index (χ4n) is 1.63. The predicted octanol–water partition coefficient (Wildman–Crippen LogP) is 1.75. The van der Waals surface area contributed by atoms with E-state index in [-0.39, 0.29) is 12.6 Å². The summed E-state index contributed by atoms with van der Waals surface area (Å²) >= 11 is 1.53. The largest absolute Gasteiger partial charge is 0.466 e. The number of aryl methyl sites for hydroxylation is 1. The molecule has 0 aromatic carbocycles. The van der Waals surface area contributed by atoms with Gasteiger partial charge in [0.05, 0.1) is 19.4 Å². The number of furan rings is 1. The summed E-state index contributed by atoms with van der Waals surface area (Å²) < 4.78 is 5.13. The maximum absolute atomic E-state index is 11.7. The molecule has 0 saturated carbocycles. The average molecular weight is 295 g/mol. The Morgan fingerprint density at radius 2 is 2.35 bits per heavy atom. The highest BCUT2D eigenvalue weighted by Crippen LogP contribution is 2.19. The van der Waals surface area contributed by atoms with E-state index in [1.807, 2.05) is 6.92 Å². The maximum atomic E-state index is 11.7. The SMILES string of the molecule is Cc1cnc(CNC(=O)NCC(C)(O)c2ccco2)s1. The lowest BCUT2D eigenvalue weighted by atomic mass is 10.0. The van der Waals surface area contributed by atoms with Crippen LogP contribution in [0, 0.1) is 6.92 Å². The van der Waals surface area contributed by atoms with Gasteiger partial charge in [-0.05, 0) is 26.0 Å². The second-order valence-corrected chi connectivity index (χ2v) is 5.97. The van der Waals surface area contributed by atoms with Gasteiger partial charge in [-0.1, -0.05) is 0 Å². The summed E-state index contributed by atoms with van der Waals surface area (Å²) in [6.45, 7) is 3.97. The third kappa shape index (κ3) is 3.82. The van der Waals surface area contributed by atoms with Crippen LogP contribution in [0.5, 0.6) is 0 Å². The number of carbonyl (C=O) groups is 1. The lowest BCUT2D eigenvalue weighted by Crippen LogP contribution is -2.43. The van der Waals surface area contributed by atoms with Gasteiger partial charge in [0.2, 0.25) is 0 Å². The van der Waals surface area contributed by atoms with Crippen LogP contribution in [0.1, 0.15) is 22.6 Å². The summed E-state index contributed by atoms with van der Waals surface area (Å²) in [6.07, 6.45) is 3.25. The Bertz CT molecular complexity index is 563. The van der Waals surface area contributed by atoms with Gasteiger partial charge in [0, 0.05) is 11.1 Å². The number of thiazole rings is 1. The van der Waals surface area contributed by atoms with Crippen LogP contribution >= 0.6 is 11.3 Å². The monoisotopic (exact) mass is 295 g/mol. The summed E-state index contributed by atoms with van der Waals surface area (Å²) in [4.78, 5) is 16.9. The first-order valence-corrected chi connectivity index (χ1v) is 6.98. The van der Waals surface area contributed by atoms with Crippen LogP contribution in [-0.4, -0.2) is 22.7 Å². The minimum Gasteiger partial charge on any atom is -0.466 e. The lowest BCUT2D eigenvalue weighted by molar-refractivity contribution is 0.0367. The van der Waals surface area contributed by atoms with Gasteiger partial charge in [-0.3, -0.25) is 0 Å². The van der Waals surface area contributed by atoms with Crippen LogP contribution in [0.3, 0.4) is 0 Å². The van der Waals surface area contributed by atoms with Crippen molar-refractivity contribution in [2.24, 2.45) is 0 Å². The smallest absolute Gasteiger partial charge is 0.315 e. The van der Waals surface area contributed by atoms with Crippen LogP contribution < -0.4 is 10.6 Å². The zero-order valence-corrected chi connectivity index (χ0v) is 12.2. The van der Waals surface area contributed by atoms with Gasteiger partial charge in [-0.15, -0.1) is 11.3 Å². The molecule has 0 fully saturated rings. The molecule has 6 nitrogen and oxygen atoms in total. The molecule has 3 N–H and O–H groups in total. The van der Waals surface area contributed by atoms with Crippen molar-refractivity contribution in [1.29, 1.82) is 0 Å². The van der Waals surface area contributed by atoms with Crippen molar-refractivity contribution in [2.75, 3.05) is 6.54 Å². The highest BCUT2D eigenvalue weighted by molar-refractivity contribution is 7.11. The number of aromatic nitrogens is 1. The molecule has 0 radical (unpaired) electrons. The number of carbonyl (C=O) groups excluding carboxylic acids is 1. The van der Waals surface area contributed by atoms with Crippen molar-refractivity contribution >= 4 is 17.4 Å². The zero-order valence-electron chi connectivity index (χ0n) is 11.3. The van der Waals surface area contributed by atoms with Crippen molar-refractivity contribution in [3.8, 4) is 0 Å². The molecule has 0 aliphatic rings. The first-order chi connectivity index (χ1) is 9.47. The van der Waals surface area contributed by atoms with E-state index in [1.54, 1.807) is 25.3 Å². The second kappa shape index (κ2) is 6.06. The van der Waals surface area contributed by atoms with Crippen LogP contribution in [0.25, 0.3) is 0 Å². The summed E-state index contributed by atoms with van der Waals surface area (Å²) in [5.41, 5.74) is -1.24. The fraction of sp³-hybridized carbons (Fsp3) is 0.385. The van der Waals surface area contributed by atoms with Crippen LogP contribution in [0.15, 0.2) is 29.0 Å². The minimum absolute atomic E-state index is 0.0588. The Labute approximate surface area is 120 Å². The van der Waals surface area contributed by atoms with E-state index in [0.717, 1.165) is 9.88 Å². The summed E-state index contributed by atoms with van der Waals surface area (Å²) in [5.74, 6) is 0.411. The predicted molar refractivity (Wildman–Crippen MR) is 75.4 cm³/mol.